The van der Waals surface area contributed by atoms with Crippen molar-refractivity contribution < 1.29 is 13.2 Å². The van der Waals surface area contributed by atoms with E-state index < -0.39 is 10.0 Å². The van der Waals surface area contributed by atoms with Gasteiger partial charge in [-0.3, -0.25) is 4.79 Å². The molecule has 29 heavy (non-hydrogen) atoms. The Bertz CT molecular complexity index is 1140. The van der Waals surface area contributed by atoms with Crippen LogP contribution in [0.25, 0.3) is 10.8 Å². The maximum Gasteiger partial charge on any atom is 0.240 e. The number of carbonyl (C=O) groups is 1. The molecule has 152 valence electrons. The highest BCUT2D eigenvalue weighted by Crippen LogP contribution is 2.20. The molecule has 0 aromatic heterocycles. The molecule has 3 aromatic carbocycles. The standard InChI is InChI=1S/C23H26N2O3S/c1-16-8-9-17(2)22(14-16)18(3)25-23(26)12-13-24-29(27,28)21-11-10-19-6-4-5-7-20(19)15-21/h4-11,14-15,18,24H,12-13H2,1-3H3,(H,25,26). The van der Waals surface area contributed by atoms with E-state index in [1.165, 1.54) is 0 Å². The summed E-state index contributed by atoms with van der Waals surface area (Å²) in [5.74, 6) is -0.195. The average molecular weight is 411 g/mol. The van der Waals surface area contributed by atoms with Gasteiger partial charge in [-0.2, -0.15) is 0 Å². The number of benzene rings is 3. The number of rotatable bonds is 7. The minimum atomic E-state index is -3.67. The zero-order chi connectivity index (χ0) is 21.0. The predicted molar refractivity (Wildman–Crippen MR) is 116 cm³/mol. The van der Waals surface area contributed by atoms with E-state index in [0.29, 0.717) is 0 Å². The van der Waals surface area contributed by atoms with Crippen LogP contribution in [0, 0.1) is 13.8 Å². The quantitative estimate of drug-likeness (QED) is 0.618. The predicted octanol–water partition coefficient (Wildman–Crippen LogP) is 4.00. The van der Waals surface area contributed by atoms with Gasteiger partial charge < -0.3 is 5.32 Å². The highest BCUT2D eigenvalue weighted by molar-refractivity contribution is 7.89. The third kappa shape index (κ3) is 5.22. The van der Waals surface area contributed by atoms with Gasteiger partial charge in [-0.1, -0.05) is 54.1 Å². The Morgan fingerprint density at radius 2 is 1.69 bits per heavy atom. The van der Waals surface area contributed by atoms with E-state index in [9.17, 15) is 13.2 Å². The van der Waals surface area contributed by atoms with Gasteiger partial charge in [0.25, 0.3) is 0 Å². The molecule has 0 aliphatic heterocycles. The zero-order valence-electron chi connectivity index (χ0n) is 16.9. The molecule has 1 unspecified atom stereocenters. The average Bonchev–Trinajstić information content (AvgIpc) is 2.69. The van der Waals surface area contributed by atoms with Crippen molar-refractivity contribution in [2.45, 2.75) is 38.1 Å². The van der Waals surface area contributed by atoms with Gasteiger partial charge in [-0.05, 0) is 54.8 Å². The minimum Gasteiger partial charge on any atom is -0.350 e. The molecule has 5 nitrogen and oxygen atoms in total. The summed E-state index contributed by atoms with van der Waals surface area (Å²) in [6.07, 6.45) is 0.0714. The Morgan fingerprint density at radius 1 is 0.966 bits per heavy atom. The molecule has 0 bridgehead atoms. The molecule has 0 heterocycles. The van der Waals surface area contributed by atoms with E-state index in [2.05, 4.69) is 16.1 Å². The summed E-state index contributed by atoms with van der Waals surface area (Å²) < 4.78 is 27.6. The largest absolute Gasteiger partial charge is 0.350 e. The number of nitrogens with one attached hydrogen (secondary N) is 2. The first kappa shape index (κ1) is 21.0. The molecule has 0 spiro atoms. The molecular formula is C23H26N2O3S. The molecule has 3 aromatic rings. The smallest absolute Gasteiger partial charge is 0.240 e. The van der Waals surface area contributed by atoms with Crippen LogP contribution in [0.1, 0.15) is 36.1 Å². The van der Waals surface area contributed by atoms with Gasteiger partial charge in [0.15, 0.2) is 0 Å². The number of carbonyl (C=O) groups excluding carboxylic acids is 1. The van der Waals surface area contributed by atoms with E-state index in [-0.39, 0.29) is 29.8 Å². The van der Waals surface area contributed by atoms with Crippen molar-refractivity contribution in [1.82, 2.24) is 10.0 Å². The first-order chi connectivity index (χ1) is 13.8. The van der Waals surface area contributed by atoms with Crippen LogP contribution >= 0.6 is 0 Å². The van der Waals surface area contributed by atoms with Crippen LogP contribution in [0.4, 0.5) is 0 Å². The van der Waals surface area contributed by atoms with Crippen LogP contribution in [0.15, 0.2) is 65.6 Å². The molecule has 3 rings (SSSR count). The number of fused-ring (bicyclic) bond motifs is 1. The number of sulfonamides is 1. The third-order valence-corrected chi connectivity index (χ3v) is 6.41. The van der Waals surface area contributed by atoms with Crippen LogP contribution in [0.5, 0.6) is 0 Å². The van der Waals surface area contributed by atoms with Crippen molar-refractivity contribution in [3.63, 3.8) is 0 Å². The summed E-state index contributed by atoms with van der Waals surface area (Å²) in [5.41, 5.74) is 3.31. The number of hydrogen-bond donors (Lipinski definition) is 2. The van der Waals surface area contributed by atoms with E-state index in [4.69, 9.17) is 0 Å². The van der Waals surface area contributed by atoms with Gasteiger partial charge >= 0.3 is 0 Å². The summed E-state index contributed by atoms with van der Waals surface area (Å²) >= 11 is 0. The van der Waals surface area contributed by atoms with Crippen LogP contribution in [0.2, 0.25) is 0 Å². The molecule has 0 saturated carbocycles. The molecular weight excluding hydrogens is 384 g/mol. The monoisotopic (exact) mass is 410 g/mol. The molecule has 0 aliphatic carbocycles. The fourth-order valence-corrected chi connectivity index (χ4v) is 4.40. The van der Waals surface area contributed by atoms with Crippen LogP contribution in [0.3, 0.4) is 0 Å². The van der Waals surface area contributed by atoms with Gasteiger partial charge in [-0.25, -0.2) is 13.1 Å². The van der Waals surface area contributed by atoms with Gasteiger partial charge in [0.05, 0.1) is 10.9 Å². The highest BCUT2D eigenvalue weighted by Gasteiger charge is 2.16. The molecule has 0 saturated heterocycles. The fraction of sp³-hybridized carbons (Fsp3) is 0.261. The number of amides is 1. The summed E-state index contributed by atoms with van der Waals surface area (Å²) in [7, 11) is -3.67. The van der Waals surface area contributed by atoms with Crippen LogP contribution < -0.4 is 10.0 Å². The zero-order valence-corrected chi connectivity index (χ0v) is 17.7. The summed E-state index contributed by atoms with van der Waals surface area (Å²) in [6.45, 7) is 5.99. The van der Waals surface area contributed by atoms with Gasteiger partial charge in [-0.15, -0.1) is 0 Å². The molecule has 2 N–H and O–H groups in total. The van der Waals surface area contributed by atoms with Crippen molar-refractivity contribution in [1.29, 1.82) is 0 Å². The fourth-order valence-electron chi connectivity index (χ4n) is 3.33. The molecule has 1 amide bonds. The molecule has 1 atom stereocenters. The number of hydrogen-bond acceptors (Lipinski definition) is 3. The van der Waals surface area contributed by atoms with Crippen molar-refractivity contribution >= 4 is 26.7 Å². The maximum absolute atomic E-state index is 12.5. The van der Waals surface area contributed by atoms with Crippen molar-refractivity contribution in [3.8, 4) is 0 Å². The first-order valence-corrected chi connectivity index (χ1v) is 11.1. The van der Waals surface area contributed by atoms with Crippen molar-refractivity contribution in [2.24, 2.45) is 0 Å². The number of aryl methyl sites for hydroxylation is 2. The Labute approximate surface area is 172 Å². The second-order valence-corrected chi connectivity index (χ2v) is 9.07. The second-order valence-electron chi connectivity index (χ2n) is 7.31. The van der Waals surface area contributed by atoms with Gasteiger partial charge in [0, 0.05) is 13.0 Å². The summed E-state index contributed by atoms with van der Waals surface area (Å²) in [4.78, 5) is 12.5. The minimum absolute atomic E-state index is 0.0422. The van der Waals surface area contributed by atoms with Crippen molar-refractivity contribution in [2.75, 3.05) is 6.54 Å². The Balaban J connectivity index is 1.58. The van der Waals surface area contributed by atoms with Crippen molar-refractivity contribution in [3.05, 3.63) is 77.4 Å². The SMILES string of the molecule is Cc1ccc(C)c(C(C)NC(=O)CCNS(=O)(=O)c2ccc3ccccc3c2)c1. The van der Waals surface area contributed by atoms with Crippen LogP contribution in [-0.2, 0) is 14.8 Å². The summed E-state index contributed by atoms with van der Waals surface area (Å²) in [5, 5.41) is 4.78. The van der Waals surface area contributed by atoms with Gasteiger partial charge in [0.1, 0.15) is 0 Å². The Hall–Kier alpha value is -2.70. The van der Waals surface area contributed by atoms with E-state index >= 15 is 0 Å². The molecule has 0 fully saturated rings. The molecule has 0 aliphatic rings. The second kappa shape index (κ2) is 8.76. The lowest BCUT2D eigenvalue weighted by Gasteiger charge is -2.17. The first-order valence-electron chi connectivity index (χ1n) is 9.61. The van der Waals surface area contributed by atoms with E-state index in [1.807, 2.05) is 57.2 Å². The Morgan fingerprint density at radius 3 is 2.45 bits per heavy atom. The topological polar surface area (TPSA) is 75.3 Å². The lowest BCUT2D eigenvalue weighted by molar-refractivity contribution is -0.121. The Kier molecular flexibility index (Phi) is 6.35. The molecule has 0 radical (unpaired) electrons. The van der Waals surface area contributed by atoms with Crippen LogP contribution in [-0.4, -0.2) is 20.9 Å². The summed E-state index contributed by atoms with van der Waals surface area (Å²) in [6, 6.07) is 18.6. The highest BCUT2D eigenvalue weighted by atomic mass is 32.2. The maximum atomic E-state index is 12.5. The van der Waals surface area contributed by atoms with Gasteiger partial charge in [0.2, 0.25) is 15.9 Å². The molecule has 6 heteroatoms. The third-order valence-electron chi connectivity index (χ3n) is 4.95. The lowest BCUT2D eigenvalue weighted by Crippen LogP contribution is -2.32. The van der Waals surface area contributed by atoms with E-state index in [0.717, 1.165) is 27.5 Å². The normalized spacial score (nSPS) is 12.7. The van der Waals surface area contributed by atoms with E-state index in [1.54, 1.807) is 18.2 Å². The lowest BCUT2D eigenvalue weighted by atomic mass is 10.00.